The summed E-state index contributed by atoms with van der Waals surface area (Å²) >= 11 is 0. The third kappa shape index (κ3) is 7.81. The van der Waals surface area contributed by atoms with Crippen molar-refractivity contribution in [2.24, 2.45) is 5.41 Å². The van der Waals surface area contributed by atoms with Crippen molar-refractivity contribution in [1.29, 1.82) is 0 Å². The molecule has 5 heteroatoms. The van der Waals surface area contributed by atoms with E-state index in [1.54, 1.807) is 13.8 Å². The Morgan fingerprint density at radius 3 is 1.52 bits per heavy atom. The van der Waals surface area contributed by atoms with Crippen LogP contribution in [0.5, 0.6) is 0 Å². The van der Waals surface area contributed by atoms with E-state index in [1.807, 2.05) is 21.1 Å². The molecule has 0 spiro atoms. The van der Waals surface area contributed by atoms with Crippen LogP contribution in [0.25, 0.3) is 0 Å². The van der Waals surface area contributed by atoms with Crippen LogP contribution < -0.4 is 0 Å². The predicted molar refractivity (Wildman–Crippen MR) is 111 cm³/mol. The maximum Gasteiger partial charge on any atom is 0.366 e. The van der Waals surface area contributed by atoms with E-state index in [4.69, 9.17) is 0 Å². The van der Waals surface area contributed by atoms with Crippen molar-refractivity contribution in [1.82, 2.24) is 0 Å². The van der Waals surface area contributed by atoms with Crippen LogP contribution in [0.2, 0.25) is 0 Å². The van der Waals surface area contributed by atoms with E-state index in [9.17, 15) is 19.8 Å². The first-order valence-electron chi connectivity index (χ1n) is 10.7. The van der Waals surface area contributed by atoms with Crippen molar-refractivity contribution in [3.8, 4) is 0 Å². The third-order valence-corrected chi connectivity index (χ3v) is 6.10. The molecule has 0 aliphatic rings. The summed E-state index contributed by atoms with van der Waals surface area (Å²) in [4.78, 5) is 23.7. The van der Waals surface area contributed by atoms with E-state index in [1.165, 1.54) is 44.9 Å². The van der Waals surface area contributed by atoms with Gasteiger partial charge < -0.3 is 14.7 Å². The van der Waals surface area contributed by atoms with Gasteiger partial charge in [0.05, 0.1) is 27.6 Å². The second-order valence-electron chi connectivity index (χ2n) is 9.56. The van der Waals surface area contributed by atoms with Crippen molar-refractivity contribution >= 4 is 11.9 Å². The fraction of sp³-hybridized carbons (Fsp3) is 0.909. The fourth-order valence-electron chi connectivity index (χ4n) is 4.66. The number of carbonyl (C=O) groups is 2. The number of carboxylic acids is 2. The van der Waals surface area contributed by atoms with Gasteiger partial charge in [-0.2, -0.15) is 0 Å². The van der Waals surface area contributed by atoms with Crippen molar-refractivity contribution < 1.29 is 24.3 Å². The Kier molecular flexibility index (Phi) is 11.2. The summed E-state index contributed by atoms with van der Waals surface area (Å²) in [6, 6.07) is 0. The molecular weight excluding hydrogens is 342 g/mol. The van der Waals surface area contributed by atoms with Crippen LogP contribution in [0.4, 0.5) is 0 Å². The number of quaternary nitrogens is 1. The number of hydrogen-bond acceptors (Lipinski definition) is 2. The monoisotopic (exact) mass is 386 g/mol. The average molecular weight is 387 g/mol. The van der Waals surface area contributed by atoms with Gasteiger partial charge in [-0.25, -0.2) is 4.79 Å². The molecule has 0 aliphatic carbocycles. The molecule has 160 valence electrons. The number of unbranched alkanes of at least 4 members (excludes halogenated alkanes) is 9. The largest absolute Gasteiger partial charge is 0.481 e. The SMILES string of the molecule is CCCCCCCCCCCCC(C(=O)O)(C(C)(C)CC(=O)O)[N+](C)(C)C. The molecule has 0 saturated heterocycles. The Bertz CT molecular complexity index is 454. The van der Waals surface area contributed by atoms with Crippen LogP contribution in [0, 0.1) is 5.41 Å². The van der Waals surface area contributed by atoms with Crippen LogP contribution in [0.1, 0.15) is 97.8 Å². The molecule has 27 heavy (non-hydrogen) atoms. The number of nitrogens with zero attached hydrogens (tertiary/aromatic N) is 1. The Hall–Kier alpha value is -1.10. The summed E-state index contributed by atoms with van der Waals surface area (Å²) in [5.41, 5.74) is -1.96. The summed E-state index contributed by atoms with van der Waals surface area (Å²) in [7, 11) is 5.61. The molecule has 0 aromatic carbocycles. The van der Waals surface area contributed by atoms with E-state index in [0.29, 0.717) is 6.42 Å². The molecule has 0 aromatic heterocycles. The number of aliphatic carboxylic acids is 2. The van der Waals surface area contributed by atoms with Crippen LogP contribution in [0.15, 0.2) is 0 Å². The van der Waals surface area contributed by atoms with Gasteiger partial charge in [-0.15, -0.1) is 0 Å². The first kappa shape index (κ1) is 25.9. The van der Waals surface area contributed by atoms with Gasteiger partial charge in [-0.1, -0.05) is 78.6 Å². The average Bonchev–Trinajstić information content (AvgIpc) is 2.49. The highest BCUT2D eigenvalue weighted by Crippen LogP contribution is 2.45. The lowest BCUT2D eigenvalue weighted by Crippen LogP contribution is -2.69. The number of hydrogen-bond donors (Lipinski definition) is 2. The standard InChI is InChI=1S/C22H43NO4/c1-7-8-9-10-11-12-13-14-15-16-17-22(20(26)27,23(4,5)6)21(2,3)18-19(24)25/h7-18H2,1-6H3,(H-,24,25,26,27)/p+1. The van der Waals surface area contributed by atoms with Gasteiger partial charge in [-0.3, -0.25) is 4.79 Å². The lowest BCUT2D eigenvalue weighted by Gasteiger charge is -2.51. The number of carboxylic acid groups (broad SMARTS) is 2. The predicted octanol–water partition coefficient (Wildman–Crippen LogP) is 5.33. The zero-order valence-corrected chi connectivity index (χ0v) is 18.6. The zero-order chi connectivity index (χ0) is 21.1. The molecule has 1 atom stereocenters. The van der Waals surface area contributed by atoms with E-state index < -0.39 is 22.9 Å². The zero-order valence-electron chi connectivity index (χ0n) is 18.6. The van der Waals surface area contributed by atoms with Gasteiger partial charge in [0, 0.05) is 11.8 Å². The lowest BCUT2D eigenvalue weighted by atomic mass is 9.65. The minimum absolute atomic E-state index is 0.146. The molecule has 0 saturated carbocycles. The minimum Gasteiger partial charge on any atom is -0.481 e. The molecule has 0 aromatic rings. The van der Waals surface area contributed by atoms with E-state index in [0.717, 1.165) is 19.3 Å². The molecule has 1 unspecified atom stereocenters. The molecular formula is C22H44NO4+. The first-order chi connectivity index (χ1) is 12.4. The van der Waals surface area contributed by atoms with Crippen LogP contribution in [-0.2, 0) is 9.59 Å². The number of rotatable bonds is 16. The Balaban J connectivity index is 4.73. The van der Waals surface area contributed by atoms with Crippen molar-refractivity contribution in [2.75, 3.05) is 21.1 Å². The molecule has 0 bridgehead atoms. The van der Waals surface area contributed by atoms with Crippen molar-refractivity contribution in [3.63, 3.8) is 0 Å². The van der Waals surface area contributed by atoms with Gasteiger partial charge >= 0.3 is 11.9 Å². The molecule has 0 radical (unpaired) electrons. The molecule has 5 nitrogen and oxygen atoms in total. The minimum atomic E-state index is -1.12. The second kappa shape index (κ2) is 11.7. The molecule has 0 heterocycles. The summed E-state index contributed by atoms with van der Waals surface area (Å²) in [6.45, 7) is 5.80. The topological polar surface area (TPSA) is 74.6 Å². The maximum absolute atomic E-state index is 12.4. The van der Waals surface area contributed by atoms with Crippen LogP contribution in [0.3, 0.4) is 0 Å². The highest BCUT2D eigenvalue weighted by Gasteiger charge is 2.61. The quantitative estimate of drug-likeness (QED) is 0.278. The summed E-state index contributed by atoms with van der Waals surface area (Å²) in [6.07, 6.45) is 12.3. The van der Waals surface area contributed by atoms with Gasteiger partial charge in [-0.05, 0) is 6.42 Å². The van der Waals surface area contributed by atoms with Crippen LogP contribution in [-0.4, -0.2) is 53.3 Å². The normalized spacial score (nSPS) is 14.7. The lowest BCUT2D eigenvalue weighted by molar-refractivity contribution is -0.923. The van der Waals surface area contributed by atoms with Gasteiger partial charge in [0.1, 0.15) is 0 Å². The fourth-order valence-corrected chi connectivity index (χ4v) is 4.66. The molecule has 0 fully saturated rings. The molecule has 0 rings (SSSR count). The summed E-state index contributed by atoms with van der Waals surface area (Å²) < 4.78 is 0.222. The van der Waals surface area contributed by atoms with E-state index in [-0.39, 0.29) is 10.9 Å². The highest BCUT2D eigenvalue weighted by atomic mass is 16.4. The Labute approximate surface area is 166 Å². The van der Waals surface area contributed by atoms with Gasteiger partial charge in [0.25, 0.3) is 0 Å². The Morgan fingerprint density at radius 2 is 1.19 bits per heavy atom. The van der Waals surface area contributed by atoms with E-state index >= 15 is 0 Å². The third-order valence-electron chi connectivity index (χ3n) is 6.10. The summed E-state index contributed by atoms with van der Waals surface area (Å²) in [5, 5.41) is 19.4. The molecule has 2 N–H and O–H groups in total. The Morgan fingerprint density at radius 1 is 0.778 bits per heavy atom. The maximum atomic E-state index is 12.4. The van der Waals surface area contributed by atoms with Crippen molar-refractivity contribution in [3.05, 3.63) is 0 Å². The summed E-state index contributed by atoms with van der Waals surface area (Å²) in [5.74, 6) is -1.83. The van der Waals surface area contributed by atoms with Crippen molar-refractivity contribution in [2.45, 2.75) is 103 Å². The van der Waals surface area contributed by atoms with Crippen LogP contribution >= 0.6 is 0 Å². The highest BCUT2D eigenvalue weighted by molar-refractivity contribution is 5.80. The number of likely N-dealkylation sites (N-methyl/N-ethyl adjacent to an activating group) is 1. The van der Waals surface area contributed by atoms with Gasteiger partial charge in [0.15, 0.2) is 0 Å². The van der Waals surface area contributed by atoms with Gasteiger partial charge in [0.2, 0.25) is 5.54 Å². The smallest absolute Gasteiger partial charge is 0.366 e. The first-order valence-corrected chi connectivity index (χ1v) is 10.7. The second-order valence-corrected chi connectivity index (χ2v) is 9.56. The van der Waals surface area contributed by atoms with E-state index in [2.05, 4.69) is 6.92 Å². The molecule has 0 amide bonds. The molecule has 0 aliphatic heterocycles.